The van der Waals surface area contributed by atoms with Crippen molar-refractivity contribution in [2.24, 2.45) is 5.92 Å². The molecule has 2 rings (SSSR count). The molecule has 0 saturated carbocycles. The van der Waals surface area contributed by atoms with Gasteiger partial charge in [0.25, 0.3) is 0 Å². The maximum Gasteiger partial charge on any atom is 0.225 e. The van der Waals surface area contributed by atoms with Crippen LogP contribution in [0.4, 0.5) is 5.82 Å². The lowest BCUT2D eigenvalue weighted by molar-refractivity contribution is -0.136. The summed E-state index contributed by atoms with van der Waals surface area (Å²) >= 11 is 3.45. The molecule has 0 bridgehead atoms. The number of nitrogens with zero attached hydrogens (tertiary/aromatic N) is 3. The van der Waals surface area contributed by atoms with E-state index in [4.69, 9.17) is 0 Å². The molecular formula is C16H24BrN3O. The molecule has 0 radical (unpaired) electrons. The summed E-state index contributed by atoms with van der Waals surface area (Å²) in [6.45, 7) is 8.00. The normalized spacial score (nSPS) is 16.4. The van der Waals surface area contributed by atoms with Gasteiger partial charge in [0.05, 0.1) is 0 Å². The summed E-state index contributed by atoms with van der Waals surface area (Å²) in [6.07, 6.45) is 3.66. The number of rotatable bonds is 3. The summed E-state index contributed by atoms with van der Waals surface area (Å²) in [5, 5.41) is 0. The van der Waals surface area contributed by atoms with Crippen molar-refractivity contribution in [3.8, 4) is 0 Å². The fourth-order valence-electron chi connectivity index (χ4n) is 2.75. The zero-order chi connectivity index (χ0) is 15.6. The lowest BCUT2D eigenvalue weighted by Gasteiger charge is -2.35. The minimum atomic E-state index is 0.157. The van der Waals surface area contributed by atoms with Gasteiger partial charge < -0.3 is 9.80 Å². The Hall–Kier alpha value is -1.10. The van der Waals surface area contributed by atoms with Gasteiger partial charge in [0.15, 0.2) is 0 Å². The van der Waals surface area contributed by atoms with E-state index in [0.717, 1.165) is 36.2 Å². The summed E-state index contributed by atoms with van der Waals surface area (Å²) in [4.78, 5) is 21.1. The van der Waals surface area contributed by atoms with Crippen LogP contribution in [0, 0.1) is 12.8 Å². The fourth-order valence-corrected chi connectivity index (χ4v) is 3.19. The lowest BCUT2D eigenvalue weighted by Crippen LogP contribution is -2.43. The number of pyridine rings is 1. The van der Waals surface area contributed by atoms with Crippen LogP contribution in [0.25, 0.3) is 0 Å². The molecule has 4 nitrogen and oxygen atoms in total. The molecule has 5 heteroatoms. The molecule has 1 amide bonds. The van der Waals surface area contributed by atoms with Gasteiger partial charge in [-0.15, -0.1) is 0 Å². The molecular weight excluding hydrogens is 330 g/mol. The molecule has 0 spiro atoms. The van der Waals surface area contributed by atoms with E-state index in [0.29, 0.717) is 0 Å². The third-order valence-corrected chi connectivity index (χ3v) is 4.72. The Labute approximate surface area is 135 Å². The van der Waals surface area contributed by atoms with Crippen molar-refractivity contribution in [2.75, 3.05) is 25.0 Å². The number of hydrogen-bond acceptors (Lipinski definition) is 3. The van der Waals surface area contributed by atoms with Crippen LogP contribution in [0.1, 0.15) is 32.3 Å². The number of carbonyl (C=O) groups is 1. The molecule has 1 fully saturated rings. The summed E-state index contributed by atoms with van der Waals surface area (Å²) < 4.78 is 1.01. The number of carbonyl (C=O) groups excluding carboxylic acids is 1. The molecule has 1 aromatic heterocycles. The SMILES string of the molecule is Cc1cc(Br)cnc1N1CCC(C(=O)N(C)C(C)C)CC1. The topological polar surface area (TPSA) is 36.4 Å². The first kappa shape index (κ1) is 16.3. The monoisotopic (exact) mass is 353 g/mol. The van der Waals surface area contributed by atoms with E-state index in [1.165, 1.54) is 5.56 Å². The average molecular weight is 354 g/mol. The Morgan fingerprint density at radius 1 is 1.43 bits per heavy atom. The predicted octanol–water partition coefficient (Wildman–Crippen LogP) is 3.24. The smallest absolute Gasteiger partial charge is 0.225 e. The van der Waals surface area contributed by atoms with Gasteiger partial charge in [0.1, 0.15) is 5.82 Å². The van der Waals surface area contributed by atoms with Gasteiger partial charge in [-0.2, -0.15) is 0 Å². The predicted molar refractivity (Wildman–Crippen MR) is 89.5 cm³/mol. The lowest BCUT2D eigenvalue weighted by atomic mass is 9.94. The maximum atomic E-state index is 12.4. The summed E-state index contributed by atoms with van der Waals surface area (Å²) in [6, 6.07) is 2.36. The highest BCUT2D eigenvalue weighted by Gasteiger charge is 2.28. The first-order chi connectivity index (χ1) is 9.90. The zero-order valence-corrected chi connectivity index (χ0v) is 14.9. The molecule has 0 unspecified atom stereocenters. The van der Waals surface area contributed by atoms with Crippen molar-refractivity contribution >= 4 is 27.7 Å². The van der Waals surface area contributed by atoms with Crippen molar-refractivity contribution in [2.45, 2.75) is 39.7 Å². The van der Waals surface area contributed by atoms with Gasteiger partial charge in [-0.3, -0.25) is 4.79 Å². The number of piperidine rings is 1. The third-order valence-electron chi connectivity index (χ3n) is 4.28. The van der Waals surface area contributed by atoms with Crippen LogP contribution in [-0.2, 0) is 4.79 Å². The van der Waals surface area contributed by atoms with Crippen LogP contribution in [0.5, 0.6) is 0 Å². The van der Waals surface area contributed by atoms with Gasteiger partial charge in [-0.05, 0) is 61.2 Å². The van der Waals surface area contributed by atoms with E-state index in [1.807, 2.05) is 18.1 Å². The van der Waals surface area contributed by atoms with E-state index in [2.05, 4.69) is 52.7 Å². The molecule has 116 valence electrons. The summed E-state index contributed by atoms with van der Waals surface area (Å²) in [7, 11) is 1.90. The van der Waals surface area contributed by atoms with Crippen LogP contribution >= 0.6 is 15.9 Å². The highest BCUT2D eigenvalue weighted by atomic mass is 79.9. The largest absolute Gasteiger partial charge is 0.356 e. The van der Waals surface area contributed by atoms with Crippen LogP contribution in [-0.4, -0.2) is 42.0 Å². The van der Waals surface area contributed by atoms with Crippen LogP contribution in [0.15, 0.2) is 16.7 Å². The van der Waals surface area contributed by atoms with Crippen LogP contribution in [0.3, 0.4) is 0 Å². The average Bonchev–Trinajstić information content (AvgIpc) is 2.46. The Morgan fingerprint density at radius 3 is 2.57 bits per heavy atom. The van der Waals surface area contributed by atoms with Crippen LogP contribution < -0.4 is 4.90 Å². The second-order valence-corrected chi connectivity index (χ2v) is 7.01. The van der Waals surface area contributed by atoms with Crippen molar-refractivity contribution in [3.63, 3.8) is 0 Å². The Morgan fingerprint density at radius 2 is 2.05 bits per heavy atom. The van der Waals surface area contributed by atoms with Gasteiger partial charge >= 0.3 is 0 Å². The van der Waals surface area contributed by atoms with E-state index in [-0.39, 0.29) is 17.9 Å². The van der Waals surface area contributed by atoms with Crippen LogP contribution in [0.2, 0.25) is 0 Å². The third kappa shape index (κ3) is 3.76. The molecule has 1 aliphatic heterocycles. The fraction of sp³-hybridized carbons (Fsp3) is 0.625. The standard InChI is InChI=1S/C16H24BrN3O/c1-11(2)19(4)16(21)13-5-7-20(8-6-13)15-12(3)9-14(17)10-18-15/h9-11,13H,5-8H2,1-4H3. The van der Waals surface area contributed by atoms with E-state index < -0.39 is 0 Å². The van der Waals surface area contributed by atoms with E-state index >= 15 is 0 Å². The van der Waals surface area contributed by atoms with Crippen molar-refractivity contribution < 1.29 is 4.79 Å². The molecule has 2 heterocycles. The van der Waals surface area contributed by atoms with Crippen molar-refractivity contribution in [1.29, 1.82) is 0 Å². The van der Waals surface area contributed by atoms with Gasteiger partial charge in [-0.1, -0.05) is 0 Å². The first-order valence-corrected chi connectivity index (χ1v) is 8.33. The van der Waals surface area contributed by atoms with E-state index in [9.17, 15) is 4.79 Å². The Balaban J connectivity index is 1.98. The molecule has 21 heavy (non-hydrogen) atoms. The quantitative estimate of drug-likeness (QED) is 0.836. The molecule has 0 N–H and O–H groups in total. The Bertz CT molecular complexity index is 510. The summed E-state index contributed by atoms with van der Waals surface area (Å²) in [5.74, 6) is 1.48. The Kier molecular flexibility index (Phi) is 5.25. The first-order valence-electron chi connectivity index (χ1n) is 7.54. The number of aromatic nitrogens is 1. The minimum absolute atomic E-state index is 0.157. The molecule has 1 aromatic rings. The van der Waals surface area contributed by atoms with E-state index in [1.54, 1.807) is 0 Å². The molecule has 0 aliphatic carbocycles. The van der Waals surface area contributed by atoms with Crippen molar-refractivity contribution in [1.82, 2.24) is 9.88 Å². The summed E-state index contributed by atoms with van der Waals surface area (Å²) in [5.41, 5.74) is 1.17. The maximum absolute atomic E-state index is 12.4. The molecule has 0 aromatic carbocycles. The number of amides is 1. The molecule has 1 aliphatic rings. The molecule has 0 atom stereocenters. The highest BCUT2D eigenvalue weighted by molar-refractivity contribution is 9.10. The van der Waals surface area contributed by atoms with Crippen molar-refractivity contribution in [3.05, 3.63) is 22.3 Å². The number of hydrogen-bond donors (Lipinski definition) is 0. The highest BCUT2D eigenvalue weighted by Crippen LogP contribution is 2.27. The molecule has 1 saturated heterocycles. The second-order valence-electron chi connectivity index (χ2n) is 6.10. The number of aryl methyl sites for hydroxylation is 1. The van der Waals surface area contributed by atoms with Gasteiger partial charge in [-0.25, -0.2) is 4.98 Å². The zero-order valence-electron chi connectivity index (χ0n) is 13.3. The van der Waals surface area contributed by atoms with Gasteiger partial charge in [0, 0.05) is 42.8 Å². The second kappa shape index (κ2) is 6.77. The number of halogens is 1. The van der Waals surface area contributed by atoms with Gasteiger partial charge in [0.2, 0.25) is 5.91 Å². The minimum Gasteiger partial charge on any atom is -0.356 e. The number of anilines is 1.